The van der Waals surface area contributed by atoms with E-state index in [1.807, 2.05) is 11.6 Å². The van der Waals surface area contributed by atoms with Crippen LogP contribution < -0.4 is 5.32 Å². The Hall–Kier alpha value is -0.710. The molecule has 96 valence electrons. The quantitative estimate of drug-likeness (QED) is 0.861. The molecule has 2 aromatic rings. The lowest BCUT2D eigenvalue weighted by atomic mass is 10.0. The van der Waals surface area contributed by atoms with E-state index in [2.05, 4.69) is 57.4 Å². The van der Waals surface area contributed by atoms with Gasteiger partial charge in [0.2, 0.25) is 0 Å². The fourth-order valence-corrected chi connectivity index (χ4v) is 2.99. The monoisotopic (exact) mass is 324 g/mol. The molecular weight excluding hydrogens is 308 g/mol. The summed E-state index contributed by atoms with van der Waals surface area (Å²) in [6, 6.07) is 8.93. The van der Waals surface area contributed by atoms with Crippen LogP contribution >= 0.6 is 27.3 Å². The van der Waals surface area contributed by atoms with E-state index < -0.39 is 0 Å². The van der Waals surface area contributed by atoms with Gasteiger partial charge < -0.3 is 5.32 Å². The Morgan fingerprint density at radius 1 is 1.44 bits per heavy atom. The van der Waals surface area contributed by atoms with Crippen molar-refractivity contribution in [3.63, 3.8) is 0 Å². The maximum absolute atomic E-state index is 4.30. The molecule has 1 N–H and O–H groups in total. The molecule has 1 heterocycles. The Morgan fingerprint density at radius 3 is 3.00 bits per heavy atom. The maximum atomic E-state index is 4.30. The third-order valence-corrected chi connectivity index (χ3v) is 4.21. The van der Waals surface area contributed by atoms with Crippen molar-refractivity contribution in [2.75, 3.05) is 6.54 Å². The van der Waals surface area contributed by atoms with Crippen LogP contribution in [-0.4, -0.2) is 11.5 Å². The summed E-state index contributed by atoms with van der Waals surface area (Å²) in [4.78, 5) is 4.30. The second kappa shape index (κ2) is 7.02. The van der Waals surface area contributed by atoms with Gasteiger partial charge >= 0.3 is 0 Å². The second-order valence-electron chi connectivity index (χ2n) is 4.15. The van der Waals surface area contributed by atoms with Crippen molar-refractivity contribution in [2.45, 2.75) is 25.8 Å². The normalized spacial score (nSPS) is 12.6. The first-order valence-electron chi connectivity index (χ1n) is 6.17. The minimum Gasteiger partial charge on any atom is -0.310 e. The molecule has 18 heavy (non-hydrogen) atoms. The molecule has 1 unspecified atom stereocenters. The largest absolute Gasteiger partial charge is 0.310 e. The third-order valence-electron chi connectivity index (χ3n) is 2.87. The molecule has 0 saturated heterocycles. The van der Waals surface area contributed by atoms with E-state index in [-0.39, 0.29) is 0 Å². The number of nitrogens with one attached hydrogen (secondary N) is 1. The molecule has 4 heteroatoms. The highest BCUT2D eigenvalue weighted by Crippen LogP contribution is 2.20. The summed E-state index contributed by atoms with van der Waals surface area (Å²) in [5.74, 6) is 0. The van der Waals surface area contributed by atoms with Crippen LogP contribution in [0.3, 0.4) is 0 Å². The van der Waals surface area contributed by atoms with Gasteiger partial charge in [0.15, 0.2) is 0 Å². The van der Waals surface area contributed by atoms with Gasteiger partial charge in [-0.15, -0.1) is 11.3 Å². The highest BCUT2D eigenvalue weighted by Gasteiger charge is 2.08. The van der Waals surface area contributed by atoms with Gasteiger partial charge in [0.05, 0.1) is 5.01 Å². The van der Waals surface area contributed by atoms with Crippen molar-refractivity contribution < 1.29 is 0 Å². The van der Waals surface area contributed by atoms with Gasteiger partial charge in [-0.2, -0.15) is 0 Å². The first-order chi connectivity index (χ1) is 8.79. The summed E-state index contributed by atoms with van der Waals surface area (Å²) < 4.78 is 1.14. The van der Waals surface area contributed by atoms with E-state index in [4.69, 9.17) is 0 Å². The van der Waals surface area contributed by atoms with E-state index in [0.29, 0.717) is 6.04 Å². The SMILES string of the molecule is CCC(NCCc1nccs1)c1cccc(Br)c1. The molecule has 0 aliphatic rings. The lowest BCUT2D eigenvalue weighted by molar-refractivity contribution is 0.522. The summed E-state index contributed by atoms with van der Waals surface area (Å²) in [6.07, 6.45) is 3.96. The third kappa shape index (κ3) is 3.90. The number of benzene rings is 1. The van der Waals surface area contributed by atoms with Gasteiger partial charge in [0.1, 0.15) is 0 Å². The van der Waals surface area contributed by atoms with Crippen LogP contribution in [0.5, 0.6) is 0 Å². The van der Waals surface area contributed by atoms with Crippen molar-refractivity contribution in [1.82, 2.24) is 10.3 Å². The molecule has 0 spiro atoms. The van der Waals surface area contributed by atoms with Crippen LogP contribution in [0.25, 0.3) is 0 Å². The van der Waals surface area contributed by atoms with Crippen LogP contribution in [-0.2, 0) is 6.42 Å². The predicted molar refractivity (Wildman–Crippen MR) is 81.0 cm³/mol. The average molecular weight is 325 g/mol. The standard InChI is InChI=1S/C14H17BrN2S/c1-2-13(11-4-3-5-12(15)10-11)16-7-6-14-17-8-9-18-14/h3-5,8-10,13,16H,2,6-7H2,1H3. The van der Waals surface area contributed by atoms with Crippen LogP contribution in [0, 0.1) is 0 Å². The van der Waals surface area contributed by atoms with Crippen molar-refractivity contribution in [3.05, 3.63) is 50.9 Å². The van der Waals surface area contributed by atoms with Gasteiger partial charge in [-0.3, -0.25) is 0 Å². The van der Waals surface area contributed by atoms with Gasteiger partial charge in [-0.05, 0) is 24.1 Å². The van der Waals surface area contributed by atoms with Crippen LogP contribution in [0.15, 0.2) is 40.3 Å². The van der Waals surface area contributed by atoms with Gasteiger partial charge in [-0.25, -0.2) is 4.98 Å². The number of aromatic nitrogens is 1. The maximum Gasteiger partial charge on any atom is 0.0937 e. The zero-order valence-corrected chi connectivity index (χ0v) is 12.8. The molecule has 1 aromatic carbocycles. The average Bonchev–Trinajstić information content (AvgIpc) is 2.88. The number of hydrogen-bond donors (Lipinski definition) is 1. The molecule has 0 radical (unpaired) electrons. The lowest BCUT2D eigenvalue weighted by Crippen LogP contribution is -2.23. The molecule has 0 bridgehead atoms. The Kier molecular flexibility index (Phi) is 5.35. The van der Waals surface area contributed by atoms with Gasteiger partial charge in [0, 0.05) is 35.1 Å². The molecule has 1 aromatic heterocycles. The molecule has 0 aliphatic carbocycles. The number of hydrogen-bond acceptors (Lipinski definition) is 3. The lowest BCUT2D eigenvalue weighted by Gasteiger charge is -2.17. The van der Waals surface area contributed by atoms with Crippen LogP contribution in [0.2, 0.25) is 0 Å². The summed E-state index contributed by atoms with van der Waals surface area (Å²) in [5, 5.41) is 6.83. The van der Waals surface area contributed by atoms with Crippen molar-refractivity contribution in [3.8, 4) is 0 Å². The number of nitrogens with zero attached hydrogens (tertiary/aromatic N) is 1. The minimum absolute atomic E-state index is 0.419. The summed E-state index contributed by atoms with van der Waals surface area (Å²) in [6.45, 7) is 3.18. The molecule has 1 atom stereocenters. The number of rotatable bonds is 6. The molecule has 0 amide bonds. The van der Waals surface area contributed by atoms with E-state index in [1.165, 1.54) is 10.6 Å². The van der Waals surface area contributed by atoms with Gasteiger partial charge in [-0.1, -0.05) is 35.0 Å². The molecule has 2 nitrogen and oxygen atoms in total. The van der Waals surface area contributed by atoms with Crippen LogP contribution in [0.4, 0.5) is 0 Å². The molecule has 0 aliphatic heterocycles. The fraction of sp³-hybridized carbons (Fsp3) is 0.357. The first-order valence-corrected chi connectivity index (χ1v) is 7.84. The highest BCUT2D eigenvalue weighted by molar-refractivity contribution is 9.10. The molecule has 0 fully saturated rings. The van der Waals surface area contributed by atoms with Crippen LogP contribution in [0.1, 0.15) is 30.0 Å². The van der Waals surface area contributed by atoms with Gasteiger partial charge in [0.25, 0.3) is 0 Å². The summed E-state index contributed by atoms with van der Waals surface area (Å²) in [7, 11) is 0. The van der Waals surface area contributed by atoms with Crippen molar-refractivity contribution in [1.29, 1.82) is 0 Å². The van der Waals surface area contributed by atoms with E-state index in [1.54, 1.807) is 11.3 Å². The number of halogens is 1. The van der Waals surface area contributed by atoms with E-state index in [0.717, 1.165) is 23.9 Å². The Morgan fingerprint density at radius 2 is 2.33 bits per heavy atom. The topological polar surface area (TPSA) is 24.9 Å². The second-order valence-corrected chi connectivity index (χ2v) is 6.04. The highest BCUT2D eigenvalue weighted by atomic mass is 79.9. The van der Waals surface area contributed by atoms with E-state index >= 15 is 0 Å². The Bertz CT molecular complexity index is 470. The Balaban J connectivity index is 1.89. The van der Waals surface area contributed by atoms with Crippen molar-refractivity contribution in [2.24, 2.45) is 0 Å². The fourth-order valence-electron chi connectivity index (χ4n) is 1.95. The molecular formula is C14H17BrN2S. The zero-order valence-electron chi connectivity index (χ0n) is 10.4. The Labute approximate surface area is 121 Å². The van der Waals surface area contributed by atoms with Crippen molar-refractivity contribution >= 4 is 27.3 Å². The predicted octanol–water partition coefficient (Wildman–Crippen LogP) is 4.19. The minimum atomic E-state index is 0.419. The first kappa shape index (κ1) is 13.7. The number of thiazole rings is 1. The smallest absolute Gasteiger partial charge is 0.0937 e. The molecule has 2 rings (SSSR count). The summed E-state index contributed by atoms with van der Waals surface area (Å²) in [5.41, 5.74) is 1.34. The molecule has 0 saturated carbocycles. The van der Waals surface area contributed by atoms with E-state index in [9.17, 15) is 0 Å². The zero-order chi connectivity index (χ0) is 12.8. The summed E-state index contributed by atoms with van der Waals surface area (Å²) >= 11 is 5.25.